The molecule has 0 amide bonds. The van der Waals surface area contributed by atoms with E-state index >= 15 is 0 Å². The van der Waals surface area contributed by atoms with Crippen LogP contribution in [-0.2, 0) is 0 Å². The van der Waals surface area contributed by atoms with Crippen LogP contribution in [-0.4, -0.2) is 0 Å². The van der Waals surface area contributed by atoms with Crippen molar-refractivity contribution in [2.24, 2.45) is 5.73 Å². The highest BCUT2D eigenvalue weighted by Gasteiger charge is 2.01. The van der Waals surface area contributed by atoms with Crippen LogP contribution in [0.5, 0.6) is 0 Å². The first-order chi connectivity index (χ1) is 4.59. The highest BCUT2D eigenvalue weighted by Crippen LogP contribution is 2.15. The minimum Gasteiger partial charge on any atom is -0.402 e. The van der Waals surface area contributed by atoms with Gasteiger partial charge in [-0.2, -0.15) is 0 Å². The third-order valence-corrected chi connectivity index (χ3v) is 1.75. The maximum absolute atomic E-state index is 5.79. The predicted molar refractivity (Wildman–Crippen MR) is 46.4 cm³/mol. The van der Waals surface area contributed by atoms with Gasteiger partial charge < -0.3 is 5.73 Å². The average molecular weight is 140 g/mol. The molecule has 59 valence electrons. The van der Waals surface area contributed by atoms with Gasteiger partial charge in [0.05, 0.1) is 0 Å². The lowest BCUT2D eigenvalue weighted by molar-refractivity contribution is 0.866. The van der Waals surface area contributed by atoms with Gasteiger partial charge in [0.25, 0.3) is 0 Å². The Kier molecular flexibility index (Phi) is 4.17. The highest BCUT2D eigenvalue weighted by atomic mass is 14.6. The van der Waals surface area contributed by atoms with Crippen molar-refractivity contribution in [1.29, 1.82) is 0 Å². The van der Waals surface area contributed by atoms with Crippen LogP contribution in [0.15, 0.2) is 11.3 Å². The van der Waals surface area contributed by atoms with Crippen molar-refractivity contribution >= 4 is 0 Å². The molecule has 1 radical (unpaired) electrons. The minimum atomic E-state index is 1.02. The van der Waals surface area contributed by atoms with Gasteiger partial charge in [0.1, 0.15) is 0 Å². The zero-order chi connectivity index (χ0) is 8.15. The number of hydrogen-bond donors (Lipinski definition) is 1. The highest BCUT2D eigenvalue weighted by molar-refractivity contribution is 5.22. The zero-order valence-electron chi connectivity index (χ0n) is 7.49. The van der Waals surface area contributed by atoms with Gasteiger partial charge in [-0.25, -0.2) is 0 Å². The Morgan fingerprint density at radius 2 is 1.70 bits per heavy atom. The molecule has 0 bridgehead atoms. The first kappa shape index (κ1) is 9.54. The maximum atomic E-state index is 5.79. The number of rotatable bonds is 3. The van der Waals surface area contributed by atoms with Crippen LogP contribution in [0, 0.1) is 5.92 Å². The van der Waals surface area contributed by atoms with Gasteiger partial charge in [-0.05, 0) is 24.8 Å². The van der Waals surface area contributed by atoms with Crippen LogP contribution in [0.25, 0.3) is 0 Å². The van der Waals surface area contributed by atoms with Crippen molar-refractivity contribution < 1.29 is 0 Å². The third kappa shape index (κ3) is 2.90. The van der Waals surface area contributed by atoms with E-state index in [0.29, 0.717) is 0 Å². The quantitative estimate of drug-likeness (QED) is 0.640. The second kappa shape index (κ2) is 4.37. The second-order valence-corrected chi connectivity index (χ2v) is 2.90. The molecule has 0 aliphatic rings. The van der Waals surface area contributed by atoms with E-state index in [1.807, 2.05) is 0 Å². The van der Waals surface area contributed by atoms with Gasteiger partial charge in [-0.15, -0.1) is 0 Å². The van der Waals surface area contributed by atoms with Crippen molar-refractivity contribution in [2.75, 3.05) is 0 Å². The van der Waals surface area contributed by atoms with E-state index in [9.17, 15) is 0 Å². The molecular weight excluding hydrogens is 122 g/mol. The number of hydrogen-bond acceptors (Lipinski definition) is 1. The fraction of sp³-hybridized carbons (Fsp3) is 0.667. The first-order valence-electron chi connectivity index (χ1n) is 3.85. The van der Waals surface area contributed by atoms with Crippen LogP contribution in [0.1, 0.15) is 40.5 Å². The molecule has 10 heavy (non-hydrogen) atoms. The summed E-state index contributed by atoms with van der Waals surface area (Å²) >= 11 is 0. The third-order valence-electron chi connectivity index (χ3n) is 1.75. The van der Waals surface area contributed by atoms with Crippen molar-refractivity contribution in [1.82, 2.24) is 0 Å². The molecule has 0 rings (SSSR count). The summed E-state index contributed by atoms with van der Waals surface area (Å²) in [6.45, 7) is 8.42. The van der Waals surface area contributed by atoms with Crippen LogP contribution < -0.4 is 5.73 Å². The Bertz CT molecular complexity index is 123. The molecule has 0 aromatic rings. The van der Waals surface area contributed by atoms with E-state index in [4.69, 9.17) is 5.73 Å². The molecule has 0 saturated carbocycles. The number of nitrogens with two attached hydrogens (primary N) is 1. The zero-order valence-corrected chi connectivity index (χ0v) is 7.49. The maximum Gasteiger partial charge on any atom is 0.00752 e. The normalized spacial score (nSPS) is 13.7. The molecule has 0 aliphatic carbocycles. The molecule has 0 atom stereocenters. The van der Waals surface area contributed by atoms with Crippen LogP contribution in [0.3, 0.4) is 0 Å². The molecule has 0 aliphatic heterocycles. The van der Waals surface area contributed by atoms with E-state index in [0.717, 1.165) is 18.5 Å². The van der Waals surface area contributed by atoms with Crippen LogP contribution in [0.4, 0.5) is 0 Å². The monoisotopic (exact) mass is 140 g/mol. The van der Waals surface area contributed by atoms with Gasteiger partial charge in [-0.1, -0.05) is 27.2 Å². The van der Waals surface area contributed by atoms with Gasteiger partial charge >= 0.3 is 0 Å². The summed E-state index contributed by atoms with van der Waals surface area (Å²) in [4.78, 5) is 0. The van der Waals surface area contributed by atoms with E-state index in [-0.39, 0.29) is 0 Å². The summed E-state index contributed by atoms with van der Waals surface area (Å²) < 4.78 is 0. The molecule has 0 saturated heterocycles. The summed E-state index contributed by atoms with van der Waals surface area (Å²) in [5, 5.41) is 0. The smallest absolute Gasteiger partial charge is 0.00752 e. The van der Waals surface area contributed by atoms with Gasteiger partial charge in [0.15, 0.2) is 0 Å². The molecule has 1 nitrogen and oxygen atoms in total. The topological polar surface area (TPSA) is 26.0 Å². The number of allylic oxidation sites excluding steroid dienone is 2. The minimum absolute atomic E-state index is 1.02. The Hall–Kier alpha value is -0.460. The van der Waals surface area contributed by atoms with E-state index in [1.54, 1.807) is 0 Å². The largest absolute Gasteiger partial charge is 0.402 e. The molecule has 0 spiro atoms. The second-order valence-electron chi connectivity index (χ2n) is 2.90. The summed E-state index contributed by atoms with van der Waals surface area (Å²) in [5.41, 5.74) is 8.10. The molecule has 0 aromatic carbocycles. The molecule has 1 heteroatoms. The van der Waals surface area contributed by atoms with Gasteiger partial charge in [0, 0.05) is 5.70 Å². The first-order valence-corrected chi connectivity index (χ1v) is 3.85. The SMILES string of the molecule is CCC/C(N)=C(/C)[C](C)C. The fourth-order valence-corrected chi connectivity index (χ4v) is 0.778. The van der Waals surface area contributed by atoms with E-state index in [1.165, 1.54) is 11.5 Å². The standard InChI is InChI=1S/C9H18N/c1-5-6-9(10)8(4)7(2)3/h5-6,10H2,1-4H3/b9-8+. The van der Waals surface area contributed by atoms with Crippen molar-refractivity contribution in [3.63, 3.8) is 0 Å². The van der Waals surface area contributed by atoms with Crippen molar-refractivity contribution in [2.45, 2.75) is 40.5 Å². The van der Waals surface area contributed by atoms with Crippen LogP contribution >= 0.6 is 0 Å². The lowest BCUT2D eigenvalue weighted by Gasteiger charge is -2.08. The summed E-state index contributed by atoms with van der Waals surface area (Å²) in [7, 11) is 0. The molecule has 0 heterocycles. The van der Waals surface area contributed by atoms with Gasteiger partial charge in [-0.3, -0.25) is 0 Å². The summed E-state index contributed by atoms with van der Waals surface area (Å²) in [5.74, 6) is 1.32. The molecule has 0 fully saturated rings. The Labute approximate surface area is 64.3 Å². The Morgan fingerprint density at radius 3 is 2.00 bits per heavy atom. The van der Waals surface area contributed by atoms with Crippen LogP contribution in [0.2, 0.25) is 0 Å². The van der Waals surface area contributed by atoms with Crippen molar-refractivity contribution in [3.05, 3.63) is 17.2 Å². The van der Waals surface area contributed by atoms with E-state index < -0.39 is 0 Å². The Morgan fingerprint density at radius 1 is 1.20 bits per heavy atom. The molecule has 2 N–H and O–H groups in total. The molecule has 0 unspecified atom stereocenters. The van der Waals surface area contributed by atoms with Crippen molar-refractivity contribution in [3.8, 4) is 0 Å². The Balaban J connectivity index is 4.05. The predicted octanol–water partition coefficient (Wildman–Crippen LogP) is 2.63. The van der Waals surface area contributed by atoms with Gasteiger partial charge in [0.2, 0.25) is 0 Å². The summed E-state index contributed by atoms with van der Waals surface area (Å²) in [6.07, 6.45) is 2.16. The lowest BCUT2D eigenvalue weighted by atomic mass is 10.0. The van der Waals surface area contributed by atoms with E-state index in [2.05, 4.69) is 27.7 Å². The summed E-state index contributed by atoms with van der Waals surface area (Å²) in [6, 6.07) is 0. The fourth-order valence-electron chi connectivity index (χ4n) is 0.778. The average Bonchev–Trinajstić information content (AvgIpc) is 1.87. The molecule has 0 aromatic heterocycles. The molecular formula is C9H18N. The lowest BCUT2D eigenvalue weighted by Crippen LogP contribution is -2.03.